The van der Waals surface area contributed by atoms with Crippen LogP contribution in [0.15, 0.2) is 30.3 Å². The first-order valence-electron chi connectivity index (χ1n) is 6.08. The highest BCUT2D eigenvalue weighted by molar-refractivity contribution is 5.69. The third-order valence-corrected chi connectivity index (χ3v) is 2.85. The minimum atomic E-state index is -0.768. The first-order valence-corrected chi connectivity index (χ1v) is 6.08. The van der Waals surface area contributed by atoms with Gasteiger partial charge in [0.1, 0.15) is 0 Å². The maximum Gasteiger partial charge on any atom is 0.317 e. The van der Waals surface area contributed by atoms with E-state index in [2.05, 4.69) is 19.1 Å². The molecule has 0 radical (unpaired) electrons. The molecule has 94 valence electrons. The largest absolute Gasteiger partial charge is 0.480 e. The van der Waals surface area contributed by atoms with E-state index in [0.29, 0.717) is 5.92 Å². The van der Waals surface area contributed by atoms with Crippen LogP contribution in [0.5, 0.6) is 0 Å². The second kappa shape index (κ2) is 7.07. The first kappa shape index (κ1) is 13.7. The van der Waals surface area contributed by atoms with Crippen LogP contribution < -0.4 is 0 Å². The lowest BCUT2D eigenvalue weighted by Gasteiger charge is -2.22. The number of likely N-dealkylation sites (N-methyl/N-ethyl adjacent to an activating group) is 1. The summed E-state index contributed by atoms with van der Waals surface area (Å²) in [4.78, 5) is 12.5. The fourth-order valence-corrected chi connectivity index (χ4v) is 2.11. The number of carbonyl (C=O) groups is 1. The second-order valence-electron chi connectivity index (χ2n) is 4.49. The van der Waals surface area contributed by atoms with E-state index in [1.807, 2.05) is 30.1 Å². The van der Waals surface area contributed by atoms with Crippen LogP contribution >= 0.6 is 0 Å². The SMILES string of the molecule is CCCC(CN(C)CC(=O)O)c1ccccc1. The molecule has 0 bridgehead atoms. The lowest BCUT2D eigenvalue weighted by atomic mass is 9.94. The third-order valence-electron chi connectivity index (χ3n) is 2.85. The predicted octanol–water partition coefficient (Wildman–Crippen LogP) is 2.59. The molecule has 1 unspecified atom stereocenters. The molecule has 0 fully saturated rings. The van der Waals surface area contributed by atoms with Crippen LogP contribution in [-0.4, -0.2) is 36.1 Å². The molecule has 0 aliphatic rings. The summed E-state index contributed by atoms with van der Waals surface area (Å²) in [5.41, 5.74) is 1.30. The van der Waals surface area contributed by atoms with Gasteiger partial charge in [-0.3, -0.25) is 9.69 Å². The molecule has 1 aromatic carbocycles. The normalized spacial score (nSPS) is 12.6. The van der Waals surface area contributed by atoms with Crippen molar-refractivity contribution in [2.24, 2.45) is 0 Å². The molecule has 0 amide bonds. The topological polar surface area (TPSA) is 40.5 Å². The summed E-state index contributed by atoms with van der Waals surface area (Å²) in [6.45, 7) is 3.06. The number of carboxylic acid groups (broad SMARTS) is 1. The number of hydrogen-bond donors (Lipinski definition) is 1. The summed E-state index contributed by atoms with van der Waals surface area (Å²) >= 11 is 0. The van der Waals surface area contributed by atoms with E-state index < -0.39 is 5.97 Å². The molecule has 1 N–H and O–H groups in total. The zero-order valence-corrected chi connectivity index (χ0v) is 10.6. The molecule has 1 rings (SSSR count). The number of hydrogen-bond acceptors (Lipinski definition) is 2. The highest BCUT2D eigenvalue weighted by Gasteiger charge is 2.14. The Hall–Kier alpha value is -1.35. The molecule has 3 heteroatoms. The second-order valence-corrected chi connectivity index (χ2v) is 4.49. The Kier molecular flexibility index (Phi) is 5.70. The zero-order chi connectivity index (χ0) is 12.7. The molecule has 0 saturated heterocycles. The van der Waals surface area contributed by atoms with E-state index in [0.717, 1.165) is 19.4 Å². The van der Waals surface area contributed by atoms with Gasteiger partial charge in [0.2, 0.25) is 0 Å². The molecule has 17 heavy (non-hydrogen) atoms. The molecule has 0 spiro atoms. The number of benzene rings is 1. The number of nitrogens with zero attached hydrogens (tertiary/aromatic N) is 1. The fraction of sp³-hybridized carbons (Fsp3) is 0.500. The molecular formula is C14H21NO2. The smallest absolute Gasteiger partial charge is 0.317 e. The van der Waals surface area contributed by atoms with Gasteiger partial charge in [-0.15, -0.1) is 0 Å². The van der Waals surface area contributed by atoms with Crippen molar-refractivity contribution in [3.63, 3.8) is 0 Å². The van der Waals surface area contributed by atoms with E-state index in [1.54, 1.807) is 0 Å². The van der Waals surface area contributed by atoms with Gasteiger partial charge in [-0.25, -0.2) is 0 Å². The maximum atomic E-state index is 10.6. The Morgan fingerprint density at radius 2 is 2.00 bits per heavy atom. The zero-order valence-electron chi connectivity index (χ0n) is 10.6. The van der Waals surface area contributed by atoms with Gasteiger partial charge in [0.15, 0.2) is 0 Å². The minimum Gasteiger partial charge on any atom is -0.480 e. The van der Waals surface area contributed by atoms with Gasteiger partial charge in [0.25, 0.3) is 0 Å². The number of carboxylic acids is 1. The van der Waals surface area contributed by atoms with E-state index in [1.165, 1.54) is 5.56 Å². The molecule has 0 aromatic heterocycles. The van der Waals surface area contributed by atoms with Crippen LogP contribution in [0.3, 0.4) is 0 Å². The summed E-state index contributed by atoms with van der Waals surface area (Å²) in [5, 5.41) is 8.76. The van der Waals surface area contributed by atoms with E-state index in [-0.39, 0.29) is 6.54 Å². The van der Waals surface area contributed by atoms with Crippen molar-refractivity contribution in [2.45, 2.75) is 25.7 Å². The maximum absolute atomic E-state index is 10.6. The average Bonchev–Trinajstić information content (AvgIpc) is 2.28. The Bertz CT molecular complexity index is 337. The monoisotopic (exact) mass is 235 g/mol. The van der Waals surface area contributed by atoms with Crippen molar-refractivity contribution in [3.05, 3.63) is 35.9 Å². The minimum absolute atomic E-state index is 0.104. The van der Waals surface area contributed by atoms with Crippen LogP contribution in [0.1, 0.15) is 31.2 Å². The van der Waals surface area contributed by atoms with Gasteiger partial charge in [-0.2, -0.15) is 0 Å². The molecule has 0 aliphatic heterocycles. The van der Waals surface area contributed by atoms with Gasteiger partial charge < -0.3 is 5.11 Å². The molecular weight excluding hydrogens is 214 g/mol. The lowest BCUT2D eigenvalue weighted by molar-refractivity contribution is -0.138. The fourth-order valence-electron chi connectivity index (χ4n) is 2.11. The van der Waals surface area contributed by atoms with E-state index in [4.69, 9.17) is 5.11 Å². The van der Waals surface area contributed by atoms with Crippen molar-refractivity contribution in [1.29, 1.82) is 0 Å². The standard InChI is InChI=1S/C14H21NO2/c1-3-7-13(10-15(2)11-14(16)17)12-8-5-4-6-9-12/h4-6,8-9,13H,3,7,10-11H2,1-2H3,(H,16,17). The van der Waals surface area contributed by atoms with Gasteiger partial charge in [-0.1, -0.05) is 43.7 Å². The van der Waals surface area contributed by atoms with E-state index >= 15 is 0 Å². The summed E-state index contributed by atoms with van der Waals surface area (Å²) in [5.74, 6) is -0.346. The van der Waals surface area contributed by atoms with Gasteiger partial charge in [0, 0.05) is 6.54 Å². The Labute approximate surface area is 103 Å². The number of aliphatic carboxylic acids is 1. The van der Waals surface area contributed by atoms with Crippen LogP contribution in [-0.2, 0) is 4.79 Å². The highest BCUT2D eigenvalue weighted by Crippen LogP contribution is 2.21. The Morgan fingerprint density at radius 1 is 1.35 bits per heavy atom. The quantitative estimate of drug-likeness (QED) is 0.789. The Balaban J connectivity index is 2.63. The van der Waals surface area contributed by atoms with Crippen LogP contribution in [0, 0.1) is 0 Å². The van der Waals surface area contributed by atoms with Gasteiger partial charge >= 0.3 is 5.97 Å². The predicted molar refractivity (Wildman–Crippen MR) is 69.2 cm³/mol. The summed E-state index contributed by atoms with van der Waals surface area (Å²) in [7, 11) is 1.86. The van der Waals surface area contributed by atoms with Crippen LogP contribution in [0.25, 0.3) is 0 Å². The van der Waals surface area contributed by atoms with Gasteiger partial charge in [-0.05, 0) is 24.9 Å². The van der Waals surface area contributed by atoms with Crippen LogP contribution in [0.4, 0.5) is 0 Å². The van der Waals surface area contributed by atoms with E-state index in [9.17, 15) is 4.79 Å². The highest BCUT2D eigenvalue weighted by atomic mass is 16.4. The summed E-state index contributed by atoms with van der Waals surface area (Å²) in [6.07, 6.45) is 2.20. The summed E-state index contributed by atoms with van der Waals surface area (Å²) < 4.78 is 0. The summed E-state index contributed by atoms with van der Waals surface area (Å²) in [6, 6.07) is 10.3. The molecule has 0 aliphatic carbocycles. The van der Waals surface area contributed by atoms with Crippen molar-refractivity contribution >= 4 is 5.97 Å². The first-order chi connectivity index (χ1) is 8.13. The molecule has 1 aromatic rings. The van der Waals surface area contributed by atoms with Gasteiger partial charge in [0.05, 0.1) is 6.54 Å². The van der Waals surface area contributed by atoms with Crippen molar-refractivity contribution in [1.82, 2.24) is 4.90 Å². The third kappa shape index (κ3) is 5.00. The van der Waals surface area contributed by atoms with Crippen molar-refractivity contribution in [3.8, 4) is 0 Å². The van der Waals surface area contributed by atoms with Crippen molar-refractivity contribution in [2.75, 3.05) is 20.1 Å². The molecule has 1 atom stereocenters. The van der Waals surface area contributed by atoms with Crippen LogP contribution in [0.2, 0.25) is 0 Å². The number of rotatable bonds is 7. The average molecular weight is 235 g/mol. The molecule has 0 heterocycles. The lowest BCUT2D eigenvalue weighted by Crippen LogP contribution is -2.30. The van der Waals surface area contributed by atoms with Crippen molar-refractivity contribution < 1.29 is 9.90 Å². The Morgan fingerprint density at radius 3 is 2.53 bits per heavy atom. The molecule has 0 saturated carbocycles. The molecule has 3 nitrogen and oxygen atoms in total.